The first kappa shape index (κ1) is 18.2. The molecule has 2 N–H and O–H groups in total. The second kappa shape index (κ2) is 9.88. The number of hydrogen-bond acceptors (Lipinski definition) is 2. The van der Waals surface area contributed by atoms with Crippen LogP contribution in [0.2, 0.25) is 0 Å². The van der Waals surface area contributed by atoms with Gasteiger partial charge in [0.15, 0.2) is 0 Å². The Kier molecular flexibility index (Phi) is 7.49. The minimum absolute atomic E-state index is 0.00738. The number of anilines is 1. The first-order valence-corrected chi connectivity index (χ1v) is 9.09. The zero-order valence-electron chi connectivity index (χ0n) is 13.4. The van der Waals surface area contributed by atoms with Crippen LogP contribution in [0.1, 0.15) is 19.3 Å². The largest absolute Gasteiger partial charge is 0.355 e. The summed E-state index contributed by atoms with van der Waals surface area (Å²) in [5.41, 5.74) is 3.00. The molecule has 126 valence electrons. The monoisotopic (exact) mass is 388 g/mol. The van der Waals surface area contributed by atoms with Gasteiger partial charge in [0.05, 0.1) is 5.33 Å². The molecule has 2 aromatic rings. The molecular formula is C19H21BrN2O2. The summed E-state index contributed by atoms with van der Waals surface area (Å²) in [4.78, 5) is 23.1. The highest BCUT2D eigenvalue weighted by molar-refractivity contribution is 9.09. The van der Waals surface area contributed by atoms with Crippen molar-refractivity contribution in [2.75, 3.05) is 17.2 Å². The Labute approximate surface area is 150 Å². The van der Waals surface area contributed by atoms with E-state index in [4.69, 9.17) is 0 Å². The molecule has 0 spiro atoms. The Morgan fingerprint density at radius 3 is 2.38 bits per heavy atom. The Balaban J connectivity index is 1.79. The molecule has 5 heteroatoms. The molecule has 0 fully saturated rings. The number of benzene rings is 2. The number of hydrogen-bond donors (Lipinski definition) is 2. The minimum Gasteiger partial charge on any atom is -0.355 e. The van der Waals surface area contributed by atoms with Crippen LogP contribution in [0.4, 0.5) is 5.69 Å². The van der Waals surface area contributed by atoms with E-state index in [1.807, 2.05) is 54.6 Å². The molecule has 2 aromatic carbocycles. The molecular weight excluding hydrogens is 368 g/mol. The van der Waals surface area contributed by atoms with Crippen molar-refractivity contribution in [2.24, 2.45) is 0 Å². The smallest absolute Gasteiger partial charge is 0.230 e. The highest BCUT2D eigenvalue weighted by Gasteiger charge is 2.04. The van der Waals surface area contributed by atoms with Crippen molar-refractivity contribution in [1.82, 2.24) is 5.32 Å². The van der Waals surface area contributed by atoms with Gasteiger partial charge in [0.2, 0.25) is 11.8 Å². The number of unbranched alkanes of at least 4 members (excludes halogenated alkanes) is 1. The highest BCUT2D eigenvalue weighted by atomic mass is 79.9. The van der Waals surface area contributed by atoms with Crippen molar-refractivity contribution in [2.45, 2.75) is 19.3 Å². The zero-order chi connectivity index (χ0) is 17.2. The van der Waals surface area contributed by atoms with Gasteiger partial charge in [-0.2, -0.15) is 0 Å². The lowest BCUT2D eigenvalue weighted by atomic mass is 10.1. The molecule has 0 atom stereocenters. The SMILES string of the molecule is O=C(CBr)NCCCCC(=O)Nc1cccc(-c2ccccc2)c1. The van der Waals surface area contributed by atoms with Gasteiger partial charge >= 0.3 is 0 Å². The summed E-state index contributed by atoms with van der Waals surface area (Å²) >= 11 is 3.09. The van der Waals surface area contributed by atoms with E-state index in [0.717, 1.165) is 29.7 Å². The molecule has 24 heavy (non-hydrogen) atoms. The summed E-state index contributed by atoms with van der Waals surface area (Å²) in [5.74, 6) is -0.0378. The number of carbonyl (C=O) groups excluding carboxylic acids is 2. The van der Waals surface area contributed by atoms with Gasteiger partial charge in [0.25, 0.3) is 0 Å². The van der Waals surface area contributed by atoms with Crippen LogP contribution in [-0.2, 0) is 9.59 Å². The summed E-state index contributed by atoms with van der Waals surface area (Å²) < 4.78 is 0. The highest BCUT2D eigenvalue weighted by Crippen LogP contribution is 2.22. The number of halogens is 1. The average molecular weight is 389 g/mol. The summed E-state index contributed by atoms with van der Waals surface area (Å²) in [5, 5.41) is 6.00. The van der Waals surface area contributed by atoms with Gasteiger partial charge in [-0.25, -0.2) is 0 Å². The van der Waals surface area contributed by atoms with Crippen LogP contribution in [0.3, 0.4) is 0 Å². The molecule has 0 saturated heterocycles. The third-order valence-electron chi connectivity index (χ3n) is 3.53. The Morgan fingerprint density at radius 1 is 0.875 bits per heavy atom. The molecule has 0 saturated carbocycles. The fraction of sp³-hybridized carbons (Fsp3) is 0.263. The Hall–Kier alpha value is -2.14. The zero-order valence-corrected chi connectivity index (χ0v) is 15.0. The first-order valence-electron chi connectivity index (χ1n) is 7.97. The number of amides is 2. The van der Waals surface area contributed by atoms with E-state index in [-0.39, 0.29) is 11.8 Å². The molecule has 0 unspecified atom stereocenters. The Bertz CT molecular complexity index is 674. The molecule has 0 aliphatic rings. The molecule has 0 radical (unpaired) electrons. The van der Waals surface area contributed by atoms with Gasteiger partial charge in [-0.05, 0) is 36.1 Å². The van der Waals surface area contributed by atoms with Crippen LogP contribution in [0, 0.1) is 0 Å². The van der Waals surface area contributed by atoms with Crippen LogP contribution < -0.4 is 10.6 Å². The van der Waals surface area contributed by atoms with Gasteiger partial charge in [-0.1, -0.05) is 58.4 Å². The molecule has 4 nitrogen and oxygen atoms in total. The predicted molar refractivity (Wildman–Crippen MR) is 101 cm³/mol. The lowest BCUT2D eigenvalue weighted by Gasteiger charge is -2.08. The van der Waals surface area contributed by atoms with Gasteiger partial charge in [0.1, 0.15) is 0 Å². The van der Waals surface area contributed by atoms with Crippen LogP contribution in [0.25, 0.3) is 11.1 Å². The van der Waals surface area contributed by atoms with Gasteiger partial charge in [-0.3, -0.25) is 9.59 Å². The van der Waals surface area contributed by atoms with Crippen molar-refractivity contribution in [3.63, 3.8) is 0 Å². The van der Waals surface area contributed by atoms with Crippen LogP contribution in [0.5, 0.6) is 0 Å². The number of rotatable bonds is 8. The van der Waals surface area contributed by atoms with Crippen molar-refractivity contribution in [3.05, 3.63) is 54.6 Å². The number of alkyl halides is 1. The van der Waals surface area contributed by atoms with Crippen molar-refractivity contribution < 1.29 is 9.59 Å². The average Bonchev–Trinajstić information content (AvgIpc) is 2.62. The maximum absolute atomic E-state index is 12.0. The normalized spacial score (nSPS) is 10.2. The molecule has 0 aliphatic carbocycles. The second-order valence-corrected chi connectivity index (χ2v) is 6.00. The molecule has 2 amide bonds. The third kappa shape index (κ3) is 6.16. The Morgan fingerprint density at radius 2 is 1.62 bits per heavy atom. The van der Waals surface area contributed by atoms with Gasteiger partial charge in [0, 0.05) is 18.7 Å². The topological polar surface area (TPSA) is 58.2 Å². The van der Waals surface area contributed by atoms with Crippen LogP contribution in [0.15, 0.2) is 54.6 Å². The van der Waals surface area contributed by atoms with E-state index in [9.17, 15) is 9.59 Å². The lowest BCUT2D eigenvalue weighted by Crippen LogP contribution is -2.25. The third-order valence-corrected chi connectivity index (χ3v) is 4.04. The maximum Gasteiger partial charge on any atom is 0.230 e. The molecule has 0 aliphatic heterocycles. The van der Waals surface area contributed by atoms with E-state index in [1.54, 1.807) is 0 Å². The van der Waals surface area contributed by atoms with Crippen molar-refractivity contribution >= 4 is 33.4 Å². The van der Waals surface area contributed by atoms with E-state index in [0.29, 0.717) is 18.3 Å². The fourth-order valence-electron chi connectivity index (χ4n) is 2.32. The molecule has 0 aromatic heterocycles. The predicted octanol–water partition coefficient (Wildman–Crippen LogP) is 3.97. The number of carbonyl (C=O) groups is 2. The lowest BCUT2D eigenvalue weighted by molar-refractivity contribution is -0.118. The summed E-state index contributed by atoms with van der Waals surface area (Å²) in [6, 6.07) is 17.9. The van der Waals surface area contributed by atoms with E-state index >= 15 is 0 Å². The molecule has 2 rings (SSSR count). The summed E-state index contributed by atoms with van der Waals surface area (Å²) in [6.07, 6.45) is 1.97. The molecule has 0 heterocycles. The van der Waals surface area contributed by atoms with Crippen molar-refractivity contribution in [3.8, 4) is 11.1 Å². The van der Waals surface area contributed by atoms with Crippen molar-refractivity contribution in [1.29, 1.82) is 0 Å². The quantitative estimate of drug-likeness (QED) is 0.530. The minimum atomic E-state index is -0.0304. The van der Waals surface area contributed by atoms with E-state index in [2.05, 4.69) is 26.6 Å². The van der Waals surface area contributed by atoms with E-state index in [1.165, 1.54) is 0 Å². The summed E-state index contributed by atoms with van der Waals surface area (Å²) in [6.45, 7) is 0.598. The van der Waals surface area contributed by atoms with E-state index < -0.39 is 0 Å². The standard InChI is InChI=1S/C19H21BrN2O2/c20-14-19(24)21-12-5-4-11-18(23)22-17-10-6-9-16(13-17)15-7-2-1-3-8-15/h1-3,6-10,13H,4-5,11-12,14H2,(H,21,24)(H,22,23). The fourth-order valence-corrected chi connectivity index (χ4v) is 2.51. The maximum atomic E-state index is 12.0. The summed E-state index contributed by atoms with van der Waals surface area (Å²) in [7, 11) is 0. The second-order valence-electron chi connectivity index (χ2n) is 5.44. The van der Waals surface area contributed by atoms with Crippen LogP contribution in [-0.4, -0.2) is 23.7 Å². The van der Waals surface area contributed by atoms with Gasteiger partial charge in [-0.15, -0.1) is 0 Å². The van der Waals surface area contributed by atoms with Gasteiger partial charge < -0.3 is 10.6 Å². The van der Waals surface area contributed by atoms with Crippen LogP contribution >= 0.6 is 15.9 Å². The first-order chi connectivity index (χ1) is 11.7. The molecule has 0 bridgehead atoms. The number of nitrogens with one attached hydrogen (secondary N) is 2.